The molecule has 124 valence electrons. The number of phosphoric acid groups is 1. The average molecular weight is 332 g/mol. The molecule has 0 radical (unpaired) electrons. The summed E-state index contributed by atoms with van der Waals surface area (Å²) in [6.45, 7) is 1.06. The molecule has 0 unspecified atom stereocenters. The predicted molar refractivity (Wildman–Crippen MR) is 63.9 cm³/mol. The summed E-state index contributed by atoms with van der Waals surface area (Å²) in [5, 5.41) is 46.0. The Balaban J connectivity index is 5.14. The Morgan fingerprint density at radius 2 is 1.52 bits per heavy atom. The highest BCUT2D eigenvalue weighted by Gasteiger charge is 2.39. The summed E-state index contributed by atoms with van der Waals surface area (Å²) in [5.41, 5.74) is 0. The lowest BCUT2D eigenvalue weighted by atomic mass is 9.97. The van der Waals surface area contributed by atoms with Gasteiger partial charge in [-0.3, -0.25) is 9.32 Å². The van der Waals surface area contributed by atoms with E-state index in [9.17, 15) is 29.5 Å². The molecule has 11 nitrogen and oxygen atoms in total. The van der Waals surface area contributed by atoms with Crippen LogP contribution >= 0.6 is 7.82 Å². The van der Waals surface area contributed by atoms with Crippen molar-refractivity contribution in [2.24, 2.45) is 0 Å². The normalized spacial score (nSPS) is 19.4. The van der Waals surface area contributed by atoms with E-state index in [-0.39, 0.29) is 0 Å². The maximum atomic E-state index is 11.0. The topological polar surface area (TPSA) is 202 Å². The van der Waals surface area contributed by atoms with Gasteiger partial charge in [-0.15, -0.1) is 0 Å². The predicted octanol–water partition coefficient (Wildman–Crippen LogP) is -3.03. The molecule has 0 bridgehead atoms. The molecule has 0 heterocycles. The molecule has 0 aromatic rings. The van der Waals surface area contributed by atoms with Crippen LogP contribution in [-0.2, 0) is 18.7 Å². The zero-order valence-corrected chi connectivity index (χ0v) is 11.7. The van der Waals surface area contributed by atoms with Gasteiger partial charge in [0.25, 0.3) is 0 Å². The van der Waals surface area contributed by atoms with Crippen LogP contribution in [0, 0.1) is 0 Å². The van der Waals surface area contributed by atoms with Gasteiger partial charge in [0.05, 0.1) is 6.10 Å². The van der Waals surface area contributed by atoms with Gasteiger partial charge >= 0.3 is 13.8 Å². The van der Waals surface area contributed by atoms with Crippen molar-refractivity contribution in [3.05, 3.63) is 0 Å². The molecule has 0 saturated carbocycles. The minimum Gasteiger partial charge on any atom is -0.475 e. The molecule has 0 aromatic heterocycles. The zero-order valence-electron chi connectivity index (χ0n) is 10.8. The number of carbonyl (C=O) groups is 2. The van der Waals surface area contributed by atoms with Gasteiger partial charge < -0.3 is 35.3 Å². The van der Waals surface area contributed by atoms with Crippen molar-refractivity contribution in [3.63, 3.8) is 0 Å². The van der Waals surface area contributed by atoms with Crippen LogP contribution in [0.2, 0.25) is 0 Å². The van der Waals surface area contributed by atoms with Crippen molar-refractivity contribution < 1.29 is 54.0 Å². The first kappa shape index (κ1) is 20.1. The van der Waals surface area contributed by atoms with E-state index in [2.05, 4.69) is 4.52 Å². The lowest BCUT2D eigenvalue weighted by Gasteiger charge is -2.29. The fraction of sp³-hybridized carbons (Fsp3) is 0.778. The molecule has 21 heavy (non-hydrogen) atoms. The van der Waals surface area contributed by atoms with E-state index in [1.165, 1.54) is 0 Å². The largest absolute Gasteiger partial charge is 0.475 e. The fourth-order valence-electron chi connectivity index (χ4n) is 1.37. The highest BCUT2D eigenvalue weighted by Crippen LogP contribution is 2.39. The van der Waals surface area contributed by atoms with Gasteiger partial charge in [-0.25, -0.2) is 9.36 Å². The van der Waals surface area contributed by atoms with Gasteiger partial charge in [0, 0.05) is 6.42 Å². The molecule has 0 fully saturated rings. The average Bonchev–Trinajstić information content (AvgIpc) is 2.33. The second-order valence-electron chi connectivity index (χ2n) is 4.28. The summed E-state index contributed by atoms with van der Waals surface area (Å²) in [7, 11) is -5.22. The number of aliphatic hydroxyl groups excluding tert-OH is 4. The molecule has 0 saturated heterocycles. The summed E-state index contributed by atoms with van der Waals surface area (Å²) in [6.07, 6.45) is -11.1. The number of ketones is 1. The van der Waals surface area contributed by atoms with Gasteiger partial charge in [0.2, 0.25) is 5.78 Å². The lowest BCUT2D eigenvalue weighted by molar-refractivity contribution is -0.153. The second-order valence-corrected chi connectivity index (χ2v) is 5.47. The fourth-order valence-corrected chi connectivity index (χ4v) is 1.93. The second kappa shape index (κ2) is 7.92. The molecule has 0 aliphatic heterocycles. The van der Waals surface area contributed by atoms with Crippen LogP contribution in [0.1, 0.15) is 13.3 Å². The first-order valence-corrected chi connectivity index (χ1v) is 7.12. The number of carboxylic acid groups (broad SMARTS) is 1. The molecule has 12 heteroatoms. The highest BCUT2D eigenvalue weighted by atomic mass is 31.2. The Morgan fingerprint density at radius 1 is 1.05 bits per heavy atom. The molecule has 0 aromatic carbocycles. The van der Waals surface area contributed by atoms with Crippen molar-refractivity contribution in [3.8, 4) is 0 Å². The van der Waals surface area contributed by atoms with E-state index in [1.54, 1.807) is 0 Å². The van der Waals surface area contributed by atoms with Crippen LogP contribution in [-0.4, -0.2) is 77.6 Å². The molecule has 0 rings (SSSR count). The summed E-state index contributed by atoms with van der Waals surface area (Å²) in [6, 6.07) is 0. The molecule has 7 N–H and O–H groups in total. The van der Waals surface area contributed by atoms with Crippen LogP contribution in [0.4, 0.5) is 0 Å². The van der Waals surface area contributed by atoms with E-state index < -0.39 is 56.5 Å². The SMILES string of the molecule is C[C@@H](O)[C@@H](O)[C@H](O)[C@H](O)[C@H](CC(=O)C(=O)O)OP(=O)(O)O. The van der Waals surface area contributed by atoms with Gasteiger partial charge in [-0.2, -0.15) is 0 Å². The highest BCUT2D eigenvalue weighted by molar-refractivity contribution is 7.46. The van der Waals surface area contributed by atoms with Crippen LogP contribution in [0.3, 0.4) is 0 Å². The number of Topliss-reactive ketones (excluding diaryl/α,β-unsaturated/α-hetero) is 1. The number of hydrogen-bond acceptors (Lipinski definition) is 8. The molecule has 0 amide bonds. The minimum absolute atomic E-state index is 1.06. The molecule has 0 spiro atoms. The van der Waals surface area contributed by atoms with Crippen molar-refractivity contribution >= 4 is 19.6 Å². The summed E-state index contributed by atoms with van der Waals surface area (Å²) >= 11 is 0. The van der Waals surface area contributed by atoms with Crippen LogP contribution in [0.25, 0.3) is 0 Å². The Hall–Kier alpha value is -0.910. The Labute approximate surface area is 118 Å². The van der Waals surface area contributed by atoms with Crippen LogP contribution in [0.5, 0.6) is 0 Å². The van der Waals surface area contributed by atoms with Crippen LogP contribution in [0.15, 0.2) is 0 Å². The first-order chi connectivity index (χ1) is 9.36. The summed E-state index contributed by atoms with van der Waals surface area (Å²) in [4.78, 5) is 38.7. The monoisotopic (exact) mass is 332 g/mol. The molecular weight excluding hydrogens is 315 g/mol. The zero-order chi connectivity index (χ0) is 17.0. The van der Waals surface area contributed by atoms with Crippen molar-refractivity contribution in [2.45, 2.75) is 43.9 Å². The van der Waals surface area contributed by atoms with E-state index in [1.807, 2.05) is 0 Å². The summed E-state index contributed by atoms with van der Waals surface area (Å²) < 4.78 is 14.8. The van der Waals surface area contributed by atoms with Crippen molar-refractivity contribution in [1.29, 1.82) is 0 Å². The van der Waals surface area contributed by atoms with E-state index >= 15 is 0 Å². The lowest BCUT2D eigenvalue weighted by Crippen LogP contribution is -2.49. The maximum absolute atomic E-state index is 11.0. The Bertz CT molecular complexity index is 416. The number of carbonyl (C=O) groups excluding carboxylic acids is 1. The third-order valence-corrected chi connectivity index (χ3v) is 3.02. The minimum atomic E-state index is -5.22. The van der Waals surface area contributed by atoms with Gasteiger partial charge in [0.15, 0.2) is 0 Å². The van der Waals surface area contributed by atoms with E-state index in [0.29, 0.717) is 0 Å². The number of aliphatic carboxylic acids is 1. The first-order valence-electron chi connectivity index (χ1n) is 5.59. The number of phosphoric ester groups is 1. The Kier molecular flexibility index (Phi) is 7.57. The number of rotatable bonds is 9. The summed E-state index contributed by atoms with van der Waals surface area (Å²) in [5.74, 6) is -3.47. The third kappa shape index (κ3) is 7.07. The third-order valence-electron chi connectivity index (χ3n) is 2.47. The number of hydrogen-bond donors (Lipinski definition) is 7. The van der Waals surface area contributed by atoms with Crippen LogP contribution < -0.4 is 0 Å². The number of carboxylic acids is 1. The quantitative estimate of drug-likeness (QED) is 0.167. The van der Waals surface area contributed by atoms with E-state index in [0.717, 1.165) is 6.92 Å². The van der Waals surface area contributed by atoms with Gasteiger partial charge in [-0.05, 0) is 6.92 Å². The van der Waals surface area contributed by atoms with Gasteiger partial charge in [0.1, 0.15) is 24.4 Å². The molecule has 5 atom stereocenters. The molecule has 0 aliphatic rings. The smallest absolute Gasteiger partial charge is 0.469 e. The molecular formula is C9H17O11P. The maximum Gasteiger partial charge on any atom is 0.469 e. The number of aliphatic hydroxyl groups is 4. The Morgan fingerprint density at radius 3 is 1.86 bits per heavy atom. The van der Waals surface area contributed by atoms with E-state index in [4.69, 9.17) is 20.0 Å². The van der Waals surface area contributed by atoms with Gasteiger partial charge in [-0.1, -0.05) is 0 Å². The standard InChI is InChI=1S/C9H17O11P/c1-3(10)6(12)8(14)7(13)5(20-21(17,18)19)2-4(11)9(15)16/h3,5-8,10,12-14H,2H2,1H3,(H,15,16)(H2,17,18,19)/t3-,5+,6-,7-,8+/m1/s1. The van der Waals surface area contributed by atoms with Crippen molar-refractivity contribution in [1.82, 2.24) is 0 Å². The molecule has 0 aliphatic carbocycles. The van der Waals surface area contributed by atoms with Crippen molar-refractivity contribution in [2.75, 3.05) is 0 Å².